The Morgan fingerprint density at radius 3 is 2.15 bits per heavy atom. The number of hydrogen-bond donors (Lipinski definition) is 2. The number of benzene rings is 3. The maximum Gasteiger partial charge on any atom is 0.246 e. The molecule has 1 amide bonds. The summed E-state index contributed by atoms with van der Waals surface area (Å²) in [7, 11) is 0. The Hall–Kier alpha value is -3.83. The zero-order valence-corrected chi connectivity index (χ0v) is 19.8. The highest BCUT2D eigenvalue weighted by Crippen LogP contribution is 2.22. The number of carbonyl (C=O) groups excluding carboxylic acids is 1. The van der Waals surface area contributed by atoms with Gasteiger partial charge < -0.3 is 10.6 Å². The van der Waals surface area contributed by atoms with Crippen LogP contribution in [0.25, 0.3) is 11.3 Å². The van der Waals surface area contributed by atoms with E-state index in [1.54, 1.807) is 0 Å². The smallest absolute Gasteiger partial charge is 0.246 e. The molecule has 0 bridgehead atoms. The van der Waals surface area contributed by atoms with Crippen LogP contribution in [0.5, 0.6) is 0 Å². The minimum atomic E-state index is -0.461. The second-order valence-electron chi connectivity index (χ2n) is 8.69. The lowest BCUT2D eigenvalue weighted by atomic mass is 9.98. The topological polar surface area (TPSA) is 66.9 Å². The number of aromatic nitrogens is 2. The van der Waals surface area contributed by atoms with Crippen LogP contribution < -0.4 is 10.6 Å². The molecule has 172 valence electrons. The molecule has 0 aliphatic rings. The third-order valence-electron chi connectivity index (χ3n) is 5.92. The number of amides is 1. The zero-order valence-electron chi connectivity index (χ0n) is 19.8. The first kappa shape index (κ1) is 23.3. The summed E-state index contributed by atoms with van der Waals surface area (Å²) >= 11 is 0. The van der Waals surface area contributed by atoms with Gasteiger partial charge in [0.2, 0.25) is 5.91 Å². The van der Waals surface area contributed by atoms with E-state index in [1.165, 1.54) is 11.1 Å². The molecule has 5 heteroatoms. The van der Waals surface area contributed by atoms with E-state index in [2.05, 4.69) is 58.9 Å². The quantitative estimate of drug-likeness (QED) is 0.354. The van der Waals surface area contributed by atoms with E-state index in [1.807, 2.05) is 73.7 Å². The van der Waals surface area contributed by atoms with Gasteiger partial charge in [0.05, 0.1) is 11.4 Å². The number of nitrogens with zero attached hydrogens (tertiary/aromatic N) is 2. The highest BCUT2D eigenvalue weighted by atomic mass is 16.2. The molecule has 0 spiro atoms. The van der Waals surface area contributed by atoms with Crippen LogP contribution in [-0.2, 0) is 4.79 Å². The van der Waals surface area contributed by atoms with Crippen molar-refractivity contribution >= 4 is 11.6 Å². The average molecular weight is 451 g/mol. The standard InChI is InChI=1S/C29H30N4O/c1-20-9-12-23(13-10-20)21(2)19-30-28(25-7-5-4-6-8-25)29(34)31-26-16-14-24(15-17-26)27-18-11-22(3)32-33-27/h4-18,21,28,30H,19H2,1-3H3,(H,31,34)/t21-,28-/m1/s1. The summed E-state index contributed by atoms with van der Waals surface area (Å²) < 4.78 is 0. The fraction of sp³-hybridized carbons (Fsp3) is 0.207. The molecule has 0 saturated carbocycles. The zero-order chi connectivity index (χ0) is 23.9. The highest BCUT2D eigenvalue weighted by Gasteiger charge is 2.21. The van der Waals surface area contributed by atoms with Gasteiger partial charge in [0.15, 0.2) is 0 Å². The molecular weight excluding hydrogens is 420 g/mol. The number of hydrogen-bond acceptors (Lipinski definition) is 4. The normalized spacial score (nSPS) is 12.7. The van der Waals surface area contributed by atoms with Crippen molar-refractivity contribution in [3.05, 3.63) is 113 Å². The number of nitrogens with one attached hydrogen (secondary N) is 2. The van der Waals surface area contributed by atoms with Crippen LogP contribution in [0.15, 0.2) is 91.0 Å². The lowest BCUT2D eigenvalue weighted by molar-refractivity contribution is -0.118. The molecule has 1 aromatic heterocycles. The Kier molecular flexibility index (Phi) is 7.45. The van der Waals surface area contributed by atoms with Gasteiger partial charge in [0.1, 0.15) is 6.04 Å². The number of rotatable bonds is 8. The Balaban J connectivity index is 1.46. The van der Waals surface area contributed by atoms with Crippen LogP contribution in [0.2, 0.25) is 0 Å². The molecule has 3 aromatic carbocycles. The van der Waals surface area contributed by atoms with Crippen LogP contribution in [0.1, 0.15) is 41.3 Å². The number of aryl methyl sites for hydroxylation is 2. The summed E-state index contributed by atoms with van der Waals surface area (Å²) in [6, 6.07) is 29.5. The minimum Gasteiger partial charge on any atom is -0.324 e. The second-order valence-corrected chi connectivity index (χ2v) is 8.69. The van der Waals surface area contributed by atoms with Gasteiger partial charge >= 0.3 is 0 Å². The SMILES string of the molecule is Cc1ccc([C@H](C)CN[C@@H](C(=O)Nc2ccc(-c3ccc(C)nn3)cc2)c2ccccc2)cc1. The van der Waals surface area contributed by atoms with Crippen molar-refractivity contribution in [3.8, 4) is 11.3 Å². The van der Waals surface area contributed by atoms with Gasteiger partial charge in [-0.15, -0.1) is 0 Å². The first-order valence-electron chi connectivity index (χ1n) is 11.6. The van der Waals surface area contributed by atoms with E-state index in [0.717, 1.165) is 28.2 Å². The molecular formula is C29H30N4O. The summed E-state index contributed by atoms with van der Waals surface area (Å²) in [4.78, 5) is 13.3. The van der Waals surface area contributed by atoms with Gasteiger partial charge in [-0.3, -0.25) is 4.79 Å². The minimum absolute atomic E-state index is 0.0924. The van der Waals surface area contributed by atoms with Crippen LogP contribution >= 0.6 is 0 Å². The van der Waals surface area contributed by atoms with E-state index in [4.69, 9.17) is 0 Å². The maximum absolute atomic E-state index is 13.3. The van der Waals surface area contributed by atoms with Crippen LogP contribution in [0, 0.1) is 13.8 Å². The molecule has 2 atom stereocenters. The lowest BCUT2D eigenvalue weighted by Crippen LogP contribution is -2.35. The first-order valence-corrected chi connectivity index (χ1v) is 11.6. The summed E-state index contributed by atoms with van der Waals surface area (Å²) in [5, 5.41) is 14.9. The van der Waals surface area contributed by atoms with Gasteiger partial charge in [-0.1, -0.05) is 79.2 Å². The predicted octanol–water partition coefficient (Wildman–Crippen LogP) is 5.83. The Morgan fingerprint density at radius 2 is 1.50 bits per heavy atom. The van der Waals surface area contributed by atoms with Crippen molar-refractivity contribution in [2.24, 2.45) is 0 Å². The van der Waals surface area contributed by atoms with E-state index < -0.39 is 6.04 Å². The van der Waals surface area contributed by atoms with Crippen LogP contribution in [-0.4, -0.2) is 22.6 Å². The van der Waals surface area contributed by atoms with Crippen molar-refractivity contribution < 1.29 is 4.79 Å². The molecule has 4 rings (SSSR count). The number of carbonyl (C=O) groups is 1. The maximum atomic E-state index is 13.3. The molecule has 4 aromatic rings. The van der Waals surface area contributed by atoms with E-state index in [0.29, 0.717) is 6.54 Å². The molecule has 2 N–H and O–H groups in total. The van der Waals surface area contributed by atoms with Crippen molar-refractivity contribution in [2.45, 2.75) is 32.7 Å². The fourth-order valence-electron chi connectivity index (χ4n) is 3.81. The van der Waals surface area contributed by atoms with Crippen molar-refractivity contribution in [1.82, 2.24) is 15.5 Å². The second kappa shape index (κ2) is 10.9. The van der Waals surface area contributed by atoms with Gasteiger partial charge in [-0.05, 0) is 55.2 Å². The molecule has 0 saturated heterocycles. The van der Waals surface area contributed by atoms with Gasteiger partial charge in [0.25, 0.3) is 0 Å². The molecule has 34 heavy (non-hydrogen) atoms. The van der Waals surface area contributed by atoms with Crippen LogP contribution in [0.3, 0.4) is 0 Å². The molecule has 1 heterocycles. The third-order valence-corrected chi connectivity index (χ3v) is 5.92. The average Bonchev–Trinajstić information content (AvgIpc) is 2.86. The lowest BCUT2D eigenvalue weighted by Gasteiger charge is -2.22. The largest absolute Gasteiger partial charge is 0.324 e. The Bertz CT molecular complexity index is 1200. The highest BCUT2D eigenvalue weighted by molar-refractivity contribution is 5.95. The van der Waals surface area contributed by atoms with E-state index in [9.17, 15) is 4.79 Å². The third kappa shape index (κ3) is 5.94. The molecule has 0 aliphatic heterocycles. The number of anilines is 1. The van der Waals surface area contributed by atoms with E-state index >= 15 is 0 Å². The molecule has 0 aliphatic carbocycles. The first-order chi connectivity index (χ1) is 16.5. The Morgan fingerprint density at radius 1 is 0.794 bits per heavy atom. The molecule has 5 nitrogen and oxygen atoms in total. The Labute approximate surface area is 201 Å². The van der Waals surface area contributed by atoms with Crippen molar-refractivity contribution in [1.29, 1.82) is 0 Å². The monoisotopic (exact) mass is 450 g/mol. The van der Waals surface area contributed by atoms with Crippen LogP contribution in [0.4, 0.5) is 5.69 Å². The fourth-order valence-corrected chi connectivity index (χ4v) is 3.81. The van der Waals surface area contributed by atoms with Gasteiger partial charge in [-0.25, -0.2) is 0 Å². The van der Waals surface area contributed by atoms with Gasteiger partial charge in [-0.2, -0.15) is 10.2 Å². The predicted molar refractivity (Wildman–Crippen MR) is 138 cm³/mol. The summed E-state index contributed by atoms with van der Waals surface area (Å²) in [6.07, 6.45) is 0. The summed E-state index contributed by atoms with van der Waals surface area (Å²) in [6.45, 7) is 6.85. The van der Waals surface area contributed by atoms with E-state index in [-0.39, 0.29) is 11.8 Å². The summed E-state index contributed by atoms with van der Waals surface area (Å²) in [5.41, 5.74) is 6.80. The summed E-state index contributed by atoms with van der Waals surface area (Å²) in [5.74, 6) is 0.180. The molecule has 0 unspecified atom stereocenters. The molecule has 0 radical (unpaired) electrons. The van der Waals surface area contributed by atoms with Gasteiger partial charge in [0, 0.05) is 17.8 Å². The van der Waals surface area contributed by atoms with Crippen molar-refractivity contribution in [2.75, 3.05) is 11.9 Å². The molecule has 0 fully saturated rings. The van der Waals surface area contributed by atoms with Crippen molar-refractivity contribution in [3.63, 3.8) is 0 Å².